The molecular weight excluding hydrogens is 432 g/mol. The summed E-state index contributed by atoms with van der Waals surface area (Å²) in [5.41, 5.74) is 3.30. The number of hydrogen-bond acceptors (Lipinski definition) is 7. The number of esters is 1. The van der Waals surface area contributed by atoms with E-state index in [1.807, 2.05) is 42.6 Å². The fourth-order valence-electron chi connectivity index (χ4n) is 3.23. The van der Waals surface area contributed by atoms with Crippen LogP contribution in [0.4, 0.5) is 11.4 Å². The monoisotopic (exact) mass is 456 g/mol. The Morgan fingerprint density at radius 1 is 0.938 bits per heavy atom. The second-order valence-electron chi connectivity index (χ2n) is 7.19. The van der Waals surface area contributed by atoms with Crippen LogP contribution in [0, 0.1) is 0 Å². The van der Waals surface area contributed by atoms with Crippen molar-refractivity contribution in [3.63, 3.8) is 0 Å². The highest BCUT2D eigenvalue weighted by atomic mass is 32.2. The normalized spacial score (nSPS) is 11.1. The summed E-state index contributed by atoms with van der Waals surface area (Å²) < 4.78 is 32.8. The Labute approximate surface area is 186 Å². The number of carbonyl (C=O) groups excluding carboxylic acids is 2. The lowest BCUT2D eigenvalue weighted by Crippen LogP contribution is -2.34. The van der Waals surface area contributed by atoms with E-state index in [4.69, 9.17) is 10.6 Å². The Kier molecular flexibility index (Phi) is 6.66. The maximum absolute atomic E-state index is 13.4. The lowest BCUT2D eigenvalue weighted by molar-refractivity contribution is -0.124. The van der Waals surface area contributed by atoms with Gasteiger partial charge in [0.25, 0.3) is 15.9 Å². The predicted octanol–water partition coefficient (Wildman–Crippen LogP) is 1.88. The number of fused-ring (bicyclic) bond motifs is 1. The fraction of sp³-hybridized carbons (Fsp3) is 0.182. The van der Waals surface area contributed by atoms with Crippen LogP contribution in [-0.4, -0.2) is 48.0 Å². The van der Waals surface area contributed by atoms with Crippen molar-refractivity contribution in [1.29, 1.82) is 0 Å². The maximum Gasteiger partial charge on any atom is 0.338 e. The number of sulfonamides is 1. The summed E-state index contributed by atoms with van der Waals surface area (Å²) in [6.07, 6.45) is 0. The molecular formula is C22H24N4O5S. The van der Waals surface area contributed by atoms with Gasteiger partial charge in [0.1, 0.15) is 0 Å². The zero-order valence-corrected chi connectivity index (χ0v) is 18.7. The summed E-state index contributed by atoms with van der Waals surface area (Å²) in [6, 6.07) is 16.5. The Morgan fingerprint density at radius 3 is 2.19 bits per heavy atom. The van der Waals surface area contributed by atoms with E-state index in [-0.39, 0.29) is 10.5 Å². The third-order valence-corrected chi connectivity index (χ3v) is 6.78. The third-order valence-electron chi connectivity index (χ3n) is 4.94. The van der Waals surface area contributed by atoms with Crippen LogP contribution in [-0.2, 0) is 19.6 Å². The van der Waals surface area contributed by atoms with E-state index in [2.05, 4.69) is 0 Å². The van der Waals surface area contributed by atoms with Crippen LogP contribution < -0.4 is 20.5 Å². The number of anilines is 2. The first-order chi connectivity index (χ1) is 15.2. The second kappa shape index (κ2) is 9.25. The van der Waals surface area contributed by atoms with Crippen LogP contribution >= 0.6 is 0 Å². The molecule has 0 saturated carbocycles. The van der Waals surface area contributed by atoms with Gasteiger partial charge < -0.3 is 9.64 Å². The van der Waals surface area contributed by atoms with Gasteiger partial charge in [0.2, 0.25) is 0 Å². The van der Waals surface area contributed by atoms with E-state index in [1.165, 1.54) is 31.3 Å². The van der Waals surface area contributed by atoms with Gasteiger partial charge in [0.15, 0.2) is 6.61 Å². The molecule has 0 spiro atoms. The molecule has 0 fully saturated rings. The van der Waals surface area contributed by atoms with E-state index >= 15 is 0 Å². The van der Waals surface area contributed by atoms with Gasteiger partial charge >= 0.3 is 5.97 Å². The Morgan fingerprint density at radius 2 is 1.56 bits per heavy atom. The molecule has 9 nitrogen and oxygen atoms in total. The van der Waals surface area contributed by atoms with Gasteiger partial charge in [-0.3, -0.25) is 14.5 Å². The molecule has 1 amide bonds. The fourth-order valence-corrected chi connectivity index (χ4v) is 4.63. The molecule has 3 aromatic carbocycles. The smallest absolute Gasteiger partial charge is 0.338 e. The number of ether oxygens (including phenoxy) is 1. The van der Waals surface area contributed by atoms with Gasteiger partial charge in [-0.1, -0.05) is 24.3 Å². The number of nitrogens with two attached hydrogens (primary N) is 1. The lowest BCUT2D eigenvalue weighted by Gasteiger charge is -2.22. The van der Waals surface area contributed by atoms with Gasteiger partial charge in [0, 0.05) is 37.6 Å². The first-order valence-electron chi connectivity index (χ1n) is 9.61. The molecule has 0 aliphatic carbocycles. The Bertz CT molecular complexity index is 1260. The molecule has 168 valence electrons. The maximum atomic E-state index is 13.4. The summed E-state index contributed by atoms with van der Waals surface area (Å²) in [4.78, 5) is 25.2. The molecule has 0 atom stereocenters. The molecule has 0 bridgehead atoms. The minimum Gasteiger partial charge on any atom is -0.452 e. The SMILES string of the molecule is CN(C)c1cccc2c(S(=O)(=O)N(C)c3ccc(C(=O)OCC(=O)NN)cc3)cccc12. The van der Waals surface area contributed by atoms with Crippen molar-refractivity contribution in [2.45, 2.75) is 4.90 Å². The predicted molar refractivity (Wildman–Crippen MR) is 123 cm³/mol. The van der Waals surface area contributed by atoms with Gasteiger partial charge in [-0.25, -0.2) is 19.1 Å². The molecule has 0 heterocycles. The molecule has 0 aromatic heterocycles. The van der Waals surface area contributed by atoms with Crippen LogP contribution in [0.25, 0.3) is 10.8 Å². The summed E-state index contributed by atoms with van der Waals surface area (Å²) >= 11 is 0. The molecule has 0 aliphatic heterocycles. The average molecular weight is 457 g/mol. The highest BCUT2D eigenvalue weighted by molar-refractivity contribution is 7.93. The summed E-state index contributed by atoms with van der Waals surface area (Å²) in [7, 11) is 1.36. The molecule has 10 heteroatoms. The van der Waals surface area contributed by atoms with E-state index in [9.17, 15) is 18.0 Å². The van der Waals surface area contributed by atoms with Gasteiger partial charge in [-0.2, -0.15) is 0 Å². The van der Waals surface area contributed by atoms with Crippen molar-refractivity contribution in [3.8, 4) is 0 Å². The zero-order valence-electron chi connectivity index (χ0n) is 17.9. The number of amides is 1. The van der Waals surface area contributed by atoms with Crippen LogP contribution in [0.3, 0.4) is 0 Å². The minimum atomic E-state index is -3.89. The van der Waals surface area contributed by atoms with E-state index in [0.717, 1.165) is 15.4 Å². The molecule has 0 aliphatic rings. The van der Waals surface area contributed by atoms with Crippen molar-refractivity contribution >= 4 is 44.0 Å². The van der Waals surface area contributed by atoms with Crippen LogP contribution in [0.2, 0.25) is 0 Å². The number of rotatable bonds is 7. The molecule has 0 saturated heterocycles. The molecule has 32 heavy (non-hydrogen) atoms. The Balaban J connectivity index is 1.91. The number of benzene rings is 3. The van der Waals surface area contributed by atoms with Crippen molar-refractivity contribution in [1.82, 2.24) is 5.43 Å². The summed E-state index contributed by atoms with van der Waals surface area (Å²) in [5.74, 6) is 3.57. The Hall–Kier alpha value is -3.63. The number of hydrazine groups is 1. The minimum absolute atomic E-state index is 0.171. The summed E-state index contributed by atoms with van der Waals surface area (Å²) in [6.45, 7) is -0.513. The van der Waals surface area contributed by atoms with Gasteiger partial charge in [0.05, 0.1) is 16.1 Å². The van der Waals surface area contributed by atoms with Crippen molar-refractivity contribution in [3.05, 3.63) is 66.2 Å². The topological polar surface area (TPSA) is 122 Å². The third kappa shape index (κ3) is 4.51. The van der Waals surface area contributed by atoms with Crippen molar-refractivity contribution < 1.29 is 22.7 Å². The zero-order chi connectivity index (χ0) is 23.5. The quantitative estimate of drug-likeness (QED) is 0.241. The molecule has 3 N–H and O–H groups in total. The van der Waals surface area contributed by atoms with E-state index in [1.54, 1.807) is 18.2 Å². The summed E-state index contributed by atoms with van der Waals surface area (Å²) in [5, 5.41) is 1.44. The average Bonchev–Trinajstić information content (AvgIpc) is 2.80. The van der Waals surface area contributed by atoms with Gasteiger partial charge in [-0.05, 0) is 36.4 Å². The second-order valence-corrected chi connectivity index (χ2v) is 9.12. The number of nitrogens with zero attached hydrogens (tertiary/aromatic N) is 2. The highest BCUT2D eigenvalue weighted by Crippen LogP contribution is 2.32. The first kappa shape index (κ1) is 23.0. The van der Waals surface area contributed by atoms with Gasteiger partial charge in [-0.15, -0.1) is 0 Å². The van der Waals surface area contributed by atoms with Crippen molar-refractivity contribution in [2.75, 3.05) is 37.0 Å². The van der Waals surface area contributed by atoms with Crippen LogP contribution in [0.5, 0.6) is 0 Å². The standard InChI is InChI=1S/C22H24N4O5S/c1-25(2)19-8-4-7-18-17(19)6-5-9-20(18)32(29,30)26(3)16-12-10-15(11-13-16)22(28)31-14-21(27)24-23/h4-13H,14,23H2,1-3H3,(H,24,27). The largest absolute Gasteiger partial charge is 0.452 e. The van der Waals surface area contributed by atoms with E-state index in [0.29, 0.717) is 11.1 Å². The number of hydrogen-bond donors (Lipinski definition) is 2. The first-order valence-corrected chi connectivity index (χ1v) is 11.1. The number of nitrogens with one attached hydrogen (secondary N) is 1. The lowest BCUT2D eigenvalue weighted by atomic mass is 10.1. The molecule has 3 rings (SSSR count). The number of carbonyl (C=O) groups is 2. The van der Waals surface area contributed by atoms with Crippen LogP contribution in [0.15, 0.2) is 65.6 Å². The van der Waals surface area contributed by atoms with E-state index < -0.39 is 28.5 Å². The highest BCUT2D eigenvalue weighted by Gasteiger charge is 2.24. The molecule has 0 radical (unpaired) electrons. The van der Waals surface area contributed by atoms with Crippen molar-refractivity contribution in [2.24, 2.45) is 5.84 Å². The molecule has 0 unspecified atom stereocenters. The molecule has 3 aromatic rings. The van der Waals surface area contributed by atoms with Crippen LogP contribution in [0.1, 0.15) is 10.4 Å².